The second-order valence-corrected chi connectivity index (χ2v) is 6.23. The predicted octanol–water partition coefficient (Wildman–Crippen LogP) is 4.69. The molecule has 0 spiro atoms. The van der Waals surface area contributed by atoms with Crippen molar-refractivity contribution in [1.82, 2.24) is 4.98 Å². The van der Waals surface area contributed by atoms with Gasteiger partial charge in [-0.2, -0.15) is 5.26 Å². The number of carbonyl (C=O) groups is 1. The third-order valence-electron chi connectivity index (χ3n) is 3.21. The fourth-order valence-electron chi connectivity index (χ4n) is 2.08. The second kappa shape index (κ2) is 7.26. The molecule has 3 rings (SSSR count). The van der Waals surface area contributed by atoms with E-state index >= 15 is 0 Å². The molecule has 24 heavy (non-hydrogen) atoms. The van der Waals surface area contributed by atoms with E-state index in [9.17, 15) is 4.79 Å². The van der Waals surface area contributed by atoms with Gasteiger partial charge in [0.15, 0.2) is 5.69 Å². The lowest BCUT2D eigenvalue weighted by molar-refractivity contribution is 0.0467. The first-order chi connectivity index (χ1) is 11.7. The van der Waals surface area contributed by atoms with Crippen molar-refractivity contribution in [2.75, 3.05) is 0 Å². The Bertz CT molecular complexity index is 931. The minimum Gasteiger partial charge on any atom is -0.456 e. The summed E-state index contributed by atoms with van der Waals surface area (Å²) >= 11 is 7.32. The Kier molecular flexibility index (Phi) is 4.90. The topological polar surface area (TPSA) is 63.0 Å². The molecule has 0 aliphatic rings. The third kappa shape index (κ3) is 3.80. The molecule has 0 bridgehead atoms. The van der Waals surface area contributed by atoms with Crippen LogP contribution in [0, 0.1) is 11.3 Å². The smallest absolute Gasteiger partial charge is 0.358 e. The van der Waals surface area contributed by atoms with Gasteiger partial charge >= 0.3 is 5.97 Å². The van der Waals surface area contributed by atoms with Crippen LogP contribution in [0.1, 0.15) is 21.6 Å². The molecule has 2 aromatic carbocycles. The number of aromatic nitrogens is 1. The largest absolute Gasteiger partial charge is 0.456 e. The molecule has 1 aromatic heterocycles. The average molecular weight is 355 g/mol. The quantitative estimate of drug-likeness (QED) is 0.637. The summed E-state index contributed by atoms with van der Waals surface area (Å²) in [5.41, 5.74) is 2.40. The molecule has 0 radical (unpaired) electrons. The van der Waals surface area contributed by atoms with Gasteiger partial charge in [0.05, 0.1) is 11.6 Å². The molecule has 0 saturated heterocycles. The van der Waals surface area contributed by atoms with Crippen LogP contribution in [0.3, 0.4) is 0 Å². The highest BCUT2D eigenvalue weighted by Gasteiger charge is 2.13. The Hall–Kier alpha value is -2.68. The molecule has 1 heterocycles. The van der Waals surface area contributed by atoms with E-state index in [0.717, 1.165) is 11.1 Å². The van der Waals surface area contributed by atoms with E-state index < -0.39 is 5.97 Å². The van der Waals surface area contributed by atoms with E-state index in [0.29, 0.717) is 15.6 Å². The molecular formula is C18H11ClN2O2S. The van der Waals surface area contributed by atoms with Crippen molar-refractivity contribution in [3.05, 3.63) is 75.8 Å². The summed E-state index contributed by atoms with van der Waals surface area (Å²) < 4.78 is 5.26. The van der Waals surface area contributed by atoms with Crippen molar-refractivity contribution in [3.63, 3.8) is 0 Å². The summed E-state index contributed by atoms with van der Waals surface area (Å²) in [5.74, 6) is -0.498. The molecule has 0 N–H and O–H groups in total. The molecule has 4 nitrogen and oxygen atoms in total. The van der Waals surface area contributed by atoms with E-state index in [2.05, 4.69) is 11.1 Å². The number of benzene rings is 2. The van der Waals surface area contributed by atoms with E-state index in [4.69, 9.17) is 21.6 Å². The third-order valence-corrected chi connectivity index (χ3v) is 4.34. The lowest BCUT2D eigenvalue weighted by atomic mass is 10.1. The Balaban J connectivity index is 1.69. The molecule has 0 aliphatic carbocycles. The molecule has 118 valence electrons. The molecule has 6 heteroatoms. The van der Waals surface area contributed by atoms with E-state index in [1.807, 2.05) is 12.1 Å². The van der Waals surface area contributed by atoms with Crippen LogP contribution in [0.2, 0.25) is 5.02 Å². The highest BCUT2D eigenvalue weighted by Crippen LogP contribution is 2.26. The van der Waals surface area contributed by atoms with Crippen LogP contribution in [0.4, 0.5) is 0 Å². The van der Waals surface area contributed by atoms with Crippen LogP contribution in [0.5, 0.6) is 0 Å². The summed E-state index contributed by atoms with van der Waals surface area (Å²) in [6, 6.07) is 16.3. The minimum absolute atomic E-state index is 0.0956. The van der Waals surface area contributed by atoms with Gasteiger partial charge in [-0.25, -0.2) is 9.78 Å². The van der Waals surface area contributed by atoms with Gasteiger partial charge < -0.3 is 4.74 Å². The molecule has 0 aliphatic heterocycles. The predicted molar refractivity (Wildman–Crippen MR) is 92.8 cm³/mol. The molecule has 0 atom stereocenters. The first kappa shape index (κ1) is 16.2. The number of esters is 1. The minimum atomic E-state index is -0.498. The highest BCUT2D eigenvalue weighted by atomic mass is 35.5. The lowest BCUT2D eigenvalue weighted by Gasteiger charge is -2.03. The van der Waals surface area contributed by atoms with Crippen LogP contribution in [-0.4, -0.2) is 11.0 Å². The zero-order valence-corrected chi connectivity index (χ0v) is 14.0. The SMILES string of the molecule is N#Cc1cccc(COC(=O)c2csc(-c3cccc(Cl)c3)n2)c1. The Morgan fingerprint density at radius 1 is 1.25 bits per heavy atom. The van der Waals surface area contributed by atoms with E-state index in [1.54, 1.807) is 41.8 Å². The van der Waals surface area contributed by atoms with Gasteiger partial charge in [-0.3, -0.25) is 0 Å². The maximum Gasteiger partial charge on any atom is 0.358 e. The molecule has 0 amide bonds. The molecular weight excluding hydrogens is 344 g/mol. The number of halogens is 1. The van der Waals surface area contributed by atoms with Crippen molar-refractivity contribution in [2.45, 2.75) is 6.61 Å². The number of carbonyl (C=O) groups excluding carboxylic acids is 1. The van der Waals surface area contributed by atoms with Gasteiger partial charge in [-0.05, 0) is 29.8 Å². The van der Waals surface area contributed by atoms with E-state index in [-0.39, 0.29) is 12.3 Å². The van der Waals surface area contributed by atoms with Crippen molar-refractivity contribution >= 4 is 28.9 Å². The summed E-state index contributed by atoms with van der Waals surface area (Å²) in [7, 11) is 0. The van der Waals surface area contributed by atoms with Gasteiger partial charge in [-0.15, -0.1) is 11.3 Å². The molecule has 0 saturated carbocycles. The fraction of sp³-hybridized carbons (Fsp3) is 0.0556. The number of rotatable bonds is 4. The molecule has 3 aromatic rings. The fourth-order valence-corrected chi connectivity index (χ4v) is 3.05. The normalized spacial score (nSPS) is 10.2. The van der Waals surface area contributed by atoms with Crippen LogP contribution in [0.25, 0.3) is 10.6 Å². The summed E-state index contributed by atoms with van der Waals surface area (Å²) in [4.78, 5) is 16.4. The number of nitrogens with zero attached hydrogens (tertiary/aromatic N) is 2. The summed E-state index contributed by atoms with van der Waals surface area (Å²) in [6.07, 6.45) is 0. The van der Waals surface area contributed by atoms with Gasteiger partial charge in [0.25, 0.3) is 0 Å². The number of nitriles is 1. The van der Waals surface area contributed by atoms with Gasteiger partial charge in [0.1, 0.15) is 11.6 Å². The van der Waals surface area contributed by atoms with Crippen molar-refractivity contribution in [1.29, 1.82) is 5.26 Å². The number of hydrogen-bond acceptors (Lipinski definition) is 5. The zero-order chi connectivity index (χ0) is 16.9. The zero-order valence-electron chi connectivity index (χ0n) is 12.4. The first-order valence-corrected chi connectivity index (χ1v) is 8.29. The maximum atomic E-state index is 12.1. The second-order valence-electron chi connectivity index (χ2n) is 4.94. The standard InChI is InChI=1S/C18H11ClN2O2S/c19-15-6-2-5-14(8-15)17-21-16(11-24-17)18(22)23-10-13-4-1-3-12(7-13)9-20/h1-8,11H,10H2. The number of thiazole rings is 1. The van der Waals surface area contributed by atoms with Gasteiger partial charge in [-0.1, -0.05) is 35.9 Å². The highest BCUT2D eigenvalue weighted by molar-refractivity contribution is 7.13. The first-order valence-electron chi connectivity index (χ1n) is 7.03. The van der Waals surface area contributed by atoms with Gasteiger partial charge in [0, 0.05) is 16.0 Å². The Morgan fingerprint density at radius 3 is 2.88 bits per heavy atom. The van der Waals surface area contributed by atoms with Crippen molar-refractivity contribution in [3.8, 4) is 16.6 Å². The number of hydrogen-bond donors (Lipinski definition) is 0. The van der Waals surface area contributed by atoms with E-state index in [1.165, 1.54) is 11.3 Å². The molecule has 0 fully saturated rings. The van der Waals surface area contributed by atoms with Crippen LogP contribution < -0.4 is 0 Å². The van der Waals surface area contributed by atoms with Crippen molar-refractivity contribution < 1.29 is 9.53 Å². The van der Waals surface area contributed by atoms with Gasteiger partial charge in [0.2, 0.25) is 0 Å². The Labute approximate surface area is 147 Å². The lowest BCUT2D eigenvalue weighted by Crippen LogP contribution is -2.05. The maximum absolute atomic E-state index is 12.1. The van der Waals surface area contributed by atoms with Crippen LogP contribution in [-0.2, 0) is 11.3 Å². The average Bonchev–Trinajstić information content (AvgIpc) is 3.10. The van der Waals surface area contributed by atoms with Crippen LogP contribution >= 0.6 is 22.9 Å². The molecule has 0 unspecified atom stereocenters. The Morgan fingerprint density at radius 2 is 2.08 bits per heavy atom. The summed E-state index contributed by atoms with van der Waals surface area (Å²) in [5, 5.41) is 11.8. The van der Waals surface area contributed by atoms with Crippen LogP contribution in [0.15, 0.2) is 53.9 Å². The van der Waals surface area contributed by atoms with Crippen molar-refractivity contribution in [2.24, 2.45) is 0 Å². The number of ether oxygens (including phenoxy) is 1. The monoisotopic (exact) mass is 354 g/mol. The summed E-state index contributed by atoms with van der Waals surface area (Å²) in [6.45, 7) is 0.0956.